The minimum atomic E-state index is -0.338. The first-order valence-corrected chi connectivity index (χ1v) is 6.48. The van der Waals surface area contributed by atoms with Crippen LogP contribution in [0.4, 0.5) is 0 Å². The molecule has 20 heavy (non-hydrogen) atoms. The number of aromatic nitrogens is 3. The summed E-state index contributed by atoms with van der Waals surface area (Å²) < 4.78 is 1.32. The predicted molar refractivity (Wildman–Crippen MR) is 76.5 cm³/mol. The lowest BCUT2D eigenvalue weighted by molar-refractivity contribution is 0.427. The van der Waals surface area contributed by atoms with Crippen molar-refractivity contribution in [3.8, 4) is 5.88 Å². The highest BCUT2D eigenvalue weighted by Crippen LogP contribution is 2.22. The Kier molecular flexibility index (Phi) is 2.99. The molecule has 6 heteroatoms. The molecule has 0 bridgehead atoms. The number of halogens is 1. The second-order valence-electron chi connectivity index (χ2n) is 4.61. The zero-order chi connectivity index (χ0) is 14.3. The van der Waals surface area contributed by atoms with Crippen LogP contribution in [0.15, 0.2) is 35.1 Å². The van der Waals surface area contributed by atoms with E-state index in [2.05, 4.69) is 10.1 Å². The average Bonchev–Trinajstić information content (AvgIpc) is 2.77. The van der Waals surface area contributed by atoms with Crippen molar-refractivity contribution in [2.45, 2.75) is 13.3 Å². The molecule has 2 aromatic heterocycles. The molecule has 3 rings (SSSR count). The molecule has 2 heterocycles. The third-order valence-electron chi connectivity index (χ3n) is 3.14. The summed E-state index contributed by atoms with van der Waals surface area (Å²) >= 11 is 6.08. The van der Waals surface area contributed by atoms with Crippen molar-refractivity contribution in [2.24, 2.45) is 0 Å². The number of hydrogen-bond donors (Lipinski definition) is 2. The van der Waals surface area contributed by atoms with E-state index >= 15 is 0 Å². The van der Waals surface area contributed by atoms with E-state index in [-0.39, 0.29) is 23.4 Å². The van der Waals surface area contributed by atoms with Gasteiger partial charge in [-0.25, -0.2) is 0 Å². The Bertz CT molecular complexity index is 851. The predicted octanol–water partition coefficient (Wildman–Crippen LogP) is 2.28. The lowest BCUT2D eigenvalue weighted by Gasteiger charge is -2.07. The highest BCUT2D eigenvalue weighted by molar-refractivity contribution is 6.31. The second kappa shape index (κ2) is 4.68. The van der Waals surface area contributed by atoms with Crippen molar-refractivity contribution in [2.75, 3.05) is 0 Å². The SMILES string of the molecule is Cc1cc2[nH]c(=O)c(Cc3ccccc3Cl)c(O)n2n1. The summed E-state index contributed by atoms with van der Waals surface area (Å²) in [6, 6.07) is 8.91. The lowest BCUT2D eigenvalue weighted by atomic mass is 10.1. The number of nitrogens with zero attached hydrogens (tertiary/aromatic N) is 2. The number of rotatable bonds is 2. The standard InChI is InChI=1S/C14H12ClN3O2/c1-8-6-12-16-13(19)10(14(20)18(12)17-8)7-9-4-2-3-5-11(9)15/h2-6,20H,7H2,1H3,(H,16,19). The minimum absolute atomic E-state index is 0.156. The summed E-state index contributed by atoms with van der Waals surface area (Å²) in [5.74, 6) is -0.156. The number of H-pyrrole nitrogens is 1. The van der Waals surface area contributed by atoms with Gasteiger partial charge in [-0.2, -0.15) is 9.61 Å². The quantitative estimate of drug-likeness (QED) is 0.760. The molecule has 0 atom stereocenters. The van der Waals surface area contributed by atoms with Crippen LogP contribution in [0.3, 0.4) is 0 Å². The molecular weight excluding hydrogens is 278 g/mol. The minimum Gasteiger partial charge on any atom is -0.493 e. The number of hydrogen-bond acceptors (Lipinski definition) is 3. The number of aromatic amines is 1. The van der Waals surface area contributed by atoms with E-state index in [4.69, 9.17) is 11.6 Å². The molecule has 0 unspecified atom stereocenters. The van der Waals surface area contributed by atoms with Gasteiger partial charge in [0, 0.05) is 17.5 Å². The first-order valence-electron chi connectivity index (χ1n) is 6.10. The Morgan fingerprint density at radius 2 is 2.15 bits per heavy atom. The largest absolute Gasteiger partial charge is 0.493 e. The van der Waals surface area contributed by atoms with E-state index in [1.807, 2.05) is 18.2 Å². The molecule has 0 fully saturated rings. The van der Waals surface area contributed by atoms with E-state index in [1.54, 1.807) is 19.1 Å². The molecule has 0 spiro atoms. The van der Waals surface area contributed by atoms with Gasteiger partial charge in [-0.3, -0.25) is 4.79 Å². The molecule has 1 aromatic carbocycles. The van der Waals surface area contributed by atoms with Gasteiger partial charge in [0.25, 0.3) is 5.56 Å². The zero-order valence-electron chi connectivity index (χ0n) is 10.7. The summed E-state index contributed by atoms with van der Waals surface area (Å²) in [5, 5.41) is 14.9. The summed E-state index contributed by atoms with van der Waals surface area (Å²) in [6.45, 7) is 1.79. The van der Waals surface area contributed by atoms with Crippen molar-refractivity contribution < 1.29 is 5.11 Å². The van der Waals surface area contributed by atoms with Crippen LogP contribution in [0.2, 0.25) is 5.02 Å². The first-order chi connectivity index (χ1) is 9.56. The second-order valence-corrected chi connectivity index (χ2v) is 5.01. The Morgan fingerprint density at radius 3 is 2.90 bits per heavy atom. The fraction of sp³-hybridized carbons (Fsp3) is 0.143. The molecule has 2 N–H and O–H groups in total. The van der Waals surface area contributed by atoms with Crippen LogP contribution in [-0.4, -0.2) is 19.7 Å². The van der Waals surface area contributed by atoms with E-state index in [1.165, 1.54) is 4.52 Å². The van der Waals surface area contributed by atoms with E-state index < -0.39 is 0 Å². The smallest absolute Gasteiger partial charge is 0.258 e. The van der Waals surface area contributed by atoms with E-state index in [9.17, 15) is 9.90 Å². The number of nitrogens with one attached hydrogen (secondary N) is 1. The maximum Gasteiger partial charge on any atom is 0.258 e. The lowest BCUT2D eigenvalue weighted by Crippen LogP contribution is -2.16. The van der Waals surface area contributed by atoms with Crippen LogP contribution in [0.1, 0.15) is 16.8 Å². The molecule has 0 aliphatic heterocycles. The van der Waals surface area contributed by atoms with Gasteiger partial charge in [-0.1, -0.05) is 29.8 Å². The van der Waals surface area contributed by atoms with Gasteiger partial charge in [0.05, 0.1) is 11.3 Å². The van der Waals surface area contributed by atoms with Gasteiger partial charge in [0.2, 0.25) is 5.88 Å². The average molecular weight is 290 g/mol. The number of fused-ring (bicyclic) bond motifs is 1. The van der Waals surface area contributed by atoms with Crippen LogP contribution in [0.25, 0.3) is 5.65 Å². The van der Waals surface area contributed by atoms with E-state index in [0.29, 0.717) is 16.4 Å². The highest BCUT2D eigenvalue weighted by atomic mass is 35.5. The first kappa shape index (κ1) is 12.7. The van der Waals surface area contributed by atoms with Crippen LogP contribution < -0.4 is 5.56 Å². The van der Waals surface area contributed by atoms with Crippen LogP contribution in [0, 0.1) is 6.92 Å². The van der Waals surface area contributed by atoms with Crippen LogP contribution >= 0.6 is 11.6 Å². The maximum atomic E-state index is 12.1. The van der Waals surface area contributed by atoms with Gasteiger partial charge in [-0.05, 0) is 18.6 Å². The molecule has 0 amide bonds. The zero-order valence-corrected chi connectivity index (χ0v) is 11.5. The Morgan fingerprint density at radius 1 is 1.40 bits per heavy atom. The third-order valence-corrected chi connectivity index (χ3v) is 3.51. The van der Waals surface area contributed by atoms with Crippen molar-refractivity contribution >= 4 is 17.2 Å². The summed E-state index contributed by atoms with van der Waals surface area (Å²) in [5.41, 5.74) is 1.86. The van der Waals surface area contributed by atoms with Gasteiger partial charge in [-0.15, -0.1) is 0 Å². The number of benzene rings is 1. The molecule has 102 valence electrons. The molecular formula is C14H12ClN3O2. The molecule has 5 nitrogen and oxygen atoms in total. The maximum absolute atomic E-state index is 12.1. The summed E-state index contributed by atoms with van der Waals surface area (Å²) in [7, 11) is 0. The molecule has 0 saturated heterocycles. The number of aryl methyl sites for hydroxylation is 1. The van der Waals surface area contributed by atoms with Crippen molar-refractivity contribution in [3.05, 3.63) is 62.5 Å². The highest BCUT2D eigenvalue weighted by Gasteiger charge is 2.15. The molecule has 0 aliphatic carbocycles. The molecule has 0 radical (unpaired) electrons. The van der Waals surface area contributed by atoms with Gasteiger partial charge in [0.15, 0.2) is 0 Å². The van der Waals surface area contributed by atoms with Crippen LogP contribution in [0.5, 0.6) is 5.88 Å². The van der Waals surface area contributed by atoms with Crippen molar-refractivity contribution in [1.29, 1.82) is 0 Å². The van der Waals surface area contributed by atoms with Crippen LogP contribution in [-0.2, 0) is 6.42 Å². The molecule has 0 saturated carbocycles. The monoisotopic (exact) mass is 289 g/mol. The Labute approximate surface area is 119 Å². The molecule has 0 aliphatic rings. The summed E-state index contributed by atoms with van der Waals surface area (Å²) in [4.78, 5) is 14.8. The number of aromatic hydroxyl groups is 1. The van der Waals surface area contributed by atoms with Crippen molar-refractivity contribution in [3.63, 3.8) is 0 Å². The van der Waals surface area contributed by atoms with Gasteiger partial charge < -0.3 is 10.1 Å². The van der Waals surface area contributed by atoms with Crippen molar-refractivity contribution in [1.82, 2.24) is 14.6 Å². The fourth-order valence-corrected chi connectivity index (χ4v) is 2.37. The van der Waals surface area contributed by atoms with Gasteiger partial charge >= 0.3 is 0 Å². The Balaban J connectivity index is 2.17. The fourth-order valence-electron chi connectivity index (χ4n) is 2.16. The normalized spacial score (nSPS) is 11.1. The molecule has 3 aromatic rings. The Hall–Kier alpha value is -2.27. The third kappa shape index (κ3) is 2.06. The van der Waals surface area contributed by atoms with Gasteiger partial charge in [0.1, 0.15) is 5.65 Å². The van der Waals surface area contributed by atoms with E-state index in [0.717, 1.165) is 5.56 Å². The summed E-state index contributed by atoms with van der Waals surface area (Å²) in [6.07, 6.45) is 0.246. The topological polar surface area (TPSA) is 70.4 Å².